The van der Waals surface area contributed by atoms with Gasteiger partial charge in [-0.05, 0) is 0 Å². The molecule has 0 amide bonds. The SMILES string of the molecule is OC=C(O)I. The van der Waals surface area contributed by atoms with E-state index in [9.17, 15) is 0 Å². The number of hydrogen-bond donors (Lipinski definition) is 2. The highest BCUT2D eigenvalue weighted by Crippen LogP contribution is 1.94. The van der Waals surface area contributed by atoms with E-state index in [1.165, 1.54) is 0 Å². The van der Waals surface area contributed by atoms with Crippen molar-refractivity contribution in [3.05, 3.63) is 10.0 Å². The van der Waals surface area contributed by atoms with Gasteiger partial charge in [0.15, 0.2) is 3.77 Å². The molecule has 0 aromatic heterocycles. The number of rotatable bonds is 0. The van der Waals surface area contributed by atoms with E-state index < -0.39 is 0 Å². The molecule has 3 heteroatoms. The van der Waals surface area contributed by atoms with Crippen molar-refractivity contribution in [2.45, 2.75) is 0 Å². The van der Waals surface area contributed by atoms with Gasteiger partial charge in [-0.2, -0.15) is 0 Å². The minimum atomic E-state index is -0.0948. The van der Waals surface area contributed by atoms with Crippen molar-refractivity contribution in [3.63, 3.8) is 0 Å². The molecule has 30 valence electrons. The second-order valence-corrected chi connectivity index (χ2v) is 1.56. The Morgan fingerprint density at radius 1 is 1.80 bits per heavy atom. The minimum absolute atomic E-state index is 0.0948. The first-order chi connectivity index (χ1) is 2.27. The summed E-state index contributed by atoms with van der Waals surface area (Å²) >= 11 is 1.57. The number of halogens is 1. The molecular formula is C2H3IO2. The van der Waals surface area contributed by atoms with Gasteiger partial charge < -0.3 is 10.2 Å². The molecule has 0 heterocycles. The van der Waals surface area contributed by atoms with Crippen LogP contribution in [0.2, 0.25) is 0 Å². The van der Waals surface area contributed by atoms with Crippen LogP contribution in [0.1, 0.15) is 0 Å². The zero-order valence-electron chi connectivity index (χ0n) is 2.35. The van der Waals surface area contributed by atoms with E-state index in [-0.39, 0.29) is 3.77 Å². The van der Waals surface area contributed by atoms with Crippen LogP contribution in [0.5, 0.6) is 0 Å². The van der Waals surface area contributed by atoms with E-state index in [0.717, 1.165) is 0 Å². The van der Waals surface area contributed by atoms with E-state index in [1.54, 1.807) is 22.6 Å². The molecule has 0 aromatic carbocycles. The summed E-state index contributed by atoms with van der Waals surface area (Å²) in [6.45, 7) is 0. The van der Waals surface area contributed by atoms with Crippen LogP contribution >= 0.6 is 22.6 Å². The van der Waals surface area contributed by atoms with Crippen molar-refractivity contribution in [3.8, 4) is 0 Å². The van der Waals surface area contributed by atoms with E-state index in [4.69, 9.17) is 10.2 Å². The van der Waals surface area contributed by atoms with Crippen molar-refractivity contribution >= 4 is 22.6 Å². The van der Waals surface area contributed by atoms with Gasteiger partial charge in [-0.15, -0.1) is 0 Å². The Hall–Kier alpha value is 0.0700. The molecule has 0 unspecified atom stereocenters. The summed E-state index contributed by atoms with van der Waals surface area (Å²) in [5.74, 6) is 0. The van der Waals surface area contributed by atoms with Crippen molar-refractivity contribution in [1.29, 1.82) is 0 Å². The largest absolute Gasteiger partial charge is 0.511 e. The van der Waals surface area contributed by atoms with Gasteiger partial charge in [0, 0.05) is 22.6 Å². The summed E-state index contributed by atoms with van der Waals surface area (Å²) < 4.78 is -0.0948. The summed E-state index contributed by atoms with van der Waals surface area (Å²) in [6, 6.07) is 0. The minimum Gasteiger partial charge on any atom is -0.511 e. The molecule has 0 saturated carbocycles. The monoisotopic (exact) mass is 186 g/mol. The molecule has 0 fully saturated rings. The zero-order valence-corrected chi connectivity index (χ0v) is 4.51. The number of aliphatic hydroxyl groups excluding tert-OH is 2. The van der Waals surface area contributed by atoms with Crippen LogP contribution in [-0.2, 0) is 0 Å². The topological polar surface area (TPSA) is 40.5 Å². The average Bonchev–Trinajstić information content (AvgIpc) is 1.38. The normalized spacial score (nSPS) is 11.8. The van der Waals surface area contributed by atoms with Crippen LogP contribution in [0.4, 0.5) is 0 Å². The third-order valence-corrected chi connectivity index (χ3v) is 0.385. The molecule has 0 bridgehead atoms. The predicted octanol–water partition coefficient (Wildman–Crippen LogP) is 1.34. The fourth-order valence-electron chi connectivity index (χ4n) is 0. The highest BCUT2D eigenvalue weighted by atomic mass is 127. The third kappa shape index (κ3) is 4.07. The zero-order chi connectivity index (χ0) is 4.28. The Morgan fingerprint density at radius 2 is 2.00 bits per heavy atom. The summed E-state index contributed by atoms with van der Waals surface area (Å²) in [7, 11) is 0. The molecule has 5 heavy (non-hydrogen) atoms. The Kier molecular flexibility index (Phi) is 2.35. The van der Waals surface area contributed by atoms with Crippen molar-refractivity contribution in [2.75, 3.05) is 0 Å². The molecule has 0 aromatic rings. The molecule has 2 nitrogen and oxygen atoms in total. The lowest BCUT2D eigenvalue weighted by atomic mass is 11.1. The highest BCUT2D eigenvalue weighted by Gasteiger charge is 1.69. The molecule has 0 aliphatic heterocycles. The first kappa shape index (κ1) is 5.07. The lowest BCUT2D eigenvalue weighted by Gasteiger charge is -1.71. The Balaban J connectivity index is 3.14. The third-order valence-electron chi connectivity index (χ3n) is 0.107. The second kappa shape index (κ2) is 2.32. The van der Waals surface area contributed by atoms with Gasteiger partial charge in [0.2, 0.25) is 0 Å². The van der Waals surface area contributed by atoms with Gasteiger partial charge >= 0.3 is 0 Å². The maximum atomic E-state index is 7.96. The quantitative estimate of drug-likeness (QED) is 0.442. The van der Waals surface area contributed by atoms with Crippen LogP contribution in [0.3, 0.4) is 0 Å². The van der Waals surface area contributed by atoms with Crippen LogP contribution in [-0.4, -0.2) is 10.2 Å². The maximum absolute atomic E-state index is 7.96. The van der Waals surface area contributed by atoms with E-state index in [2.05, 4.69) is 0 Å². The van der Waals surface area contributed by atoms with Crippen molar-refractivity contribution in [1.82, 2.24) is 0 Å². The van der Waals surface area contributed by atoms with Crippen LogP contribution in [0, 0.1) is 0 Å². The molecule has 0 aliphatic carbocycles. The summed E-state index contributed by atoms with van der Waals surface area (Å²) in [6.07, 6.45) is 0.626. The second-order valence-electron chi connectivity index (χ2n) is 0.452. The van der Waals surface area contributed by atoms with Crippen LogP contribution in [0.15, 0.2) is 10.0 Å². The molecule has 0 spiro atoms. The summed E-state index contributed by atoms with van der Waals surface area (Å²) in [4.78, 5) is 0. The van der Waals surface area contributed by atoms with Crippen LogP contribution in [0.25, 0.3) is 0 Å². The van der Waals surface area contributed by atoms with Gasteiger partial charge in [0.25, 0.3) is 0 Å². The molecule has 0 radical (unpaired) electrons. The fourth-order valence-corrected chi connectivity index (χ4v) is 0. The molecule has 0 atom stereocenters. The van der Waals surface area contributed by atoms with Gasteiger partial charge in [0.1, 0.15) is 6.26 Å². The lowest BCUT2D eigenvalue weighted by molar-refractivity contribution is 0.401. The predicted molar refractivity (Wildman–Crippen MR) is 27.4 cm³/mol. The van der Waals surface area contributed by atoms with Gasteiger partial charge in [-0.1, -0.05) is 0 Å². The van der Waals surface area contributed by atoms with Gasteiger partial charge in [-0.25, -0.2) is 0 Å². The number of hydrogen-bond acceptors (Lipinski definition) is 2. The smallest absolute Gasteiger partial charge is 0.188 e. The fraction of sp³-hybridized carbons (Fsp3) is 0. The highest BCUT2D eigenvalue weighted by molar-refractivity contribution is 14.1. The van der Waals surface area contributed by atoms with Gasteiger partial charge in [-0.3, -0.25) is 0 Å². The van der Waals surface area contributed by atoms with Crippen molar-refractivity contribution in [2.24, 2.45) is 0 Å². The van der Waals surface area contributed by atoms with E-state index in [1.807, 2.05) is 0 Å². The molecule has 0 saturated heterocycles. The Bertz CT molecular complexity index is 45.6. The first-order valence-corrected chi connectivity index (χ1v) is 2.04. The lowest BCUT2D eigenvalue weighted by Crippen LogP contribution is -1.57. The molecule has 0 aliphatic rings. The Labute approximate surface area is 43.3 Å². The molecule has 0 rings (SSSR count). The maximum Gasteiger partial charge on any atom is 0.188 e. The first-order valence-electron chi connectivity index (χ1n) is 0.959. The summed E-state index contributed by atoms with van der Waals surface area (Å²) in [5.41, 5.74) is 0. The standard InChI is InChI=1S/C2H3IO2/c3-2(5)1-4/h1,4-5H. The average molecular weight is 186 g/mol. The Morgan fingerprint density at radius 3 is 2.00 bits per heavy atom. The summed E-state index contributed by atoms with van der Waals surface area (Å²) in [5, 5.41) is 15.7. The van der Waals surface area contributed by atoms with E-state index >= 15 is 0 Å². The van der Waals surface area contributed by atoms with Gasteiger partial charge in [0.05, 0.1) is 0 Å². The number of aliphatic hydroxyl groups is 2. The van der Waals surface area contributed by atoms with Crippen molar-refractivity contribution < 1.29 is 10.2 Å². The van der Waals surface area contributed by atoms with Crippen LogP contribution < -0.4 is 0 Å². The molecule has 2 N–H and O–H groups in total. The molecular weight excluding hydrogens is 183 g/mol. The van der Waals surface area contributed by atoms with E-state index in [0.29, 0.717) is 6.26 Å².